The van der Waals surface area contributed by atoms with Crippen molar-refractivity contribution < 1.29 is 8.42 Å². The average Bonchev–Trinajstić information content (AvgIpc) is 2.72. The lowest BCUT2D eigenvalue weighted by molar-refractivity contribution is 0.534. The minimum atomic E-state index is -3.02. The molecule has 0 atom stereocenters. The van der Waals surface area contributed by atoms with Crippen molar-refractivity contribution in [2.75, 3.05) is 26.4 Å². The Bertz CT molecular complexity index is 587. The number of hydrogen-bond acceptors (Lipinski definition) is 5. The van der Waals surface area contributed by atoms with E-state index < -0.39 is 9.84 Å². The molecule has 0 radical (unpaired) electrons. The van der Waals surface area contributed by atoms with Crippen molar-refractivity contribution in [2.45, 2.75) is 12.3 Å². The number of sulfone groups is 1. The van der Waals surface area contributed by atoms with Gasteiger partial charge < -0.3 is 10.2 Å². The molecule has 0 aromatic heterocycles. The number of nitrogens with one attached hydrogen (secondary N) is 1. The van der Waals surface area contributed by atoms with Crippen molar-refractivity contribution in [1.82, 2.24) is 10.2 Å². The zero-order valence-electron chi connectivity index (χ0n) is 11.7. The van der Waals surface area contributed by atoms with Crippen LogP contribution in [-0.4, -0.2) is 45.7 Å². The monoisotopic (exact) mass is 409 g/mol. The van der Waals surface area contributed by atoms with E-state index in [9.17, 15) is 8.42 Å². The summed E-state index contributed by atoms with van der Waals surface area (Å²) in [6.45, 7) is 2.33. The Labute approximate surface area is 137 Å². The minimum Gasteiger partial charge on any atom is -0.352 e. The topological polar surface area (TPSA) is 61.8 Å². The summed E-state index contributed by atoms with van der Waals surface area (Å²) in [6.07, 6.45) is 1.26. The van der Waals surface area contributed by atoms with Crippen LogP contribution in [0.25, 0.3) is 0 Å². The van der Waals surface area contributed by atoms with Crippen molar-refractivity contribution in [3.05, 3.63) is 35.4 Å². The summed E-state index contributed by atoms with van der Waals surface area (Å²) >= 11 is 0. The fraction of sp³-hybridized carbons (Fsp3) is 0.462. The first kappa shape index (κ1) is 17.2. The van der Waals surface area contributed by atoms with E-state index >= 15 is 0 Å². The fourth-order valence-electron chi connectivity index (χ4n) is 2.05. The number of halogens is 1. The lowest BCUT2D eigenvalue weighted by atomic mass is 10.1. The Kier molecular flexibility index (Phi) is 6.25. The second-order valence-corrected chi connectivity index (χ2v) is 6.96. The van der Waals surface area contributed by atoms with E-state index in [-0.39, 0.29) is 29.7 Å². The van der Waals surface area contributed by atoms with E-state index in [2.05, 4.69) is 15.2 Å². The highest BCUT2D eigenvalue weighted by Gasteiger charge is 2.13. The van der Waals surface area contributed by atoms with Crippen LogP contribution in [0.1, 0.15) is 11.1 Å². The van der Waals surface area contributed by atoms with Gasteiger partial charge in [0.2, 0.25) is 0 Å². The van der Waals surface area contributed by atoms with Gasteiger partial charge in [-0.3, -0.25) is 4.99 Å². The van der Waals surface area contributed by atoms with Crippen molar-refractivity contribution in [3.63, 3.8) is 0 Å². The third-order valence-electron chi connectivity index (χ3n) is 3.03. The van der Waals surface area contributed by atoms with Gasteiger partial charge in [0.05, 0.1) is 12.3 Å². The molecule has 0 saturated heterocycles. The van der Waals surface area contributed by atoms with E-state index in [1.807, 2.05) is 31.3 Å². The lowest BCUT2D eigenvalue weighted by Crippen LogP contribution is -2.35. The smallest absolute Gasteiger partial charge is 0.194 e. The summed E-state index contributed by atoms with van der Waals surface area (Å²) in [5, 5.41) is 3.25. The van der Waals surface area contributed by atoms with Crippen LogP contribution in [0.2, 0.25) is 0 Å². The number of guanidine groups is 1. The molecule has 0 aliphatic carbocycles. The molecule has 1 aromatic rings. The van der Waals surface area contributed by atoms with Crippen LogP contribution in [0.4, 0.5) is 0 Å². The van der Waals surface area contributed by atoms with Gasteiger partial charge in [-0.05, 0) is 11.1 Å². The summed E-state index contributed by atoms with van der Waals surface area (Å²) in [5.41, 5.74) is 1.84. The van der Waals surface area contributed by atoms with Crippen molar-refractivity contribution >= 4 is 39.8 Å². The predicted molar refractivity (Wildman–Crippen MR) is 92.2 cm³/mol. The largest absolute Gasteiger partial charge is 0.352 e. The van der Waals surface area contributed by atoms with Gasteiger partial charge in [0, 0.05) is 26.4 Å². The molecule has 0 unspecified atom stereocenters. The summed E-state index contributed by atoms with van der Waals surface area (Å²) in [5.74, 6) is 0.946. The predicted octanol–water partition coefficient (Wildman–Crippen LogP) is 1.24. The second-order valence-electron chi connectivity index (χ2n) is 4.82. The van der Waals surface area contributed by atoms with Gasteiger partial charge in [-0.15, -0.1) is 24.0 Å². The first-order valence-corrected chi connectivity index (χ1v) is 8.26. The number of rotatable bonds is 4. The zero-order valence-corrected chi connectivity index (χ0v) is 14.8. The molecule has 1 aliphatic heterocycles. The Balaban J connectivity index is 0.00000200. The molecule has 1 N–H and O–H groups in total. The summed E-state index contributed by atoms with van der Waals surface area (Å²) in [4.78, 5) is 6.40. The molecule has 1 heterocycles. The van der Waals surface area contributed by atoms with Gasteiger partial charge in [-0.25, -0.2) is 8.42 Å². The van der Waals surface area contributed by atoms with Gasteiger partial charge in [0.25, 0.3) is 0 Å². The third kappa shape index (κ3) is 4.93. The standard InChI is InChI=1S/C13H19N3O2S.HI/c1-16-8-7-14-13(16)15-9-11-5-3-4-6-12(11)10-19(2,17)18;/h3-6H,7-10H2,1-2H3,(H,14,15);1H. The number of benzene rings is 1. The summed E-state index contributed by atoms with van der Waals surface area (Å²) in [6, 6.07) is 7.59. The molecule has 0 amide bonds. The maximum absolute atomic E-state index is 11.4. The molecule has 2 rings (SSSR count). The second kappa shape index (κ2) is 7.26. The molecule has 0 spiro atoms. The molecule has 5 nitrogen and oxygen atoms in total. The van der Waals surface area contributed by atoms with Crippen LogP contribution >= 0.6 is 24.0 Å². The van der Waals surface area contributed by atoms with Gasteiger partial charge in [-0.1, -0.05) is 24.3 Å². The highest BCUT2D eigenvalue weighted by molar-refractivity contribution is 14.0. The van der Waals surface area contributed by atoms with Gasteiger partial charge in [-0.2, -0.15) is 0 Å². The van der Waals surface area contributed by atoms with Crippen LogP contribution in [0, 0.1) is 0 Å². The quantitative estimate of drug-likeness (QED) is 0.761. The lowest BCUT2D eigenvalue weighted by Gasteiger charge is -2.16. The molecule has 0 saturated carbocycles. The van der Waals surface area contributed by atoms with Crippen molar-refractivity contribution in [3.8, 4) is 0 Å². The number of likely N-dealkylation sites (N-methyl/N-ethyl adjacent to an activating group) is 1. The zero-order chi connectivity index (χ0) is 13.9. The Hall–Kier alpha value is -0.830. The average molecular weight is 409 g/mol. The van der Waals surface area contributed by atoms with Crippen LogP contribution < -0.4 is 5.32 Å². The molecule has 1 aliphatic rings. The summed E-state index contributed by atoms with van der Waals surface area (Å²) in [7, 11) is -1.03. The van der Waals surface area contributed by atoms with Crippen molar-refractivity contribution in [2.24, 2.45) is 4.99 Å². The van der Waals surface area contributed by atoms with Gasteiger partial charge in [0.15, 0.2) is 15.8 Å². The van der Waals surface area contributed by atoms with E-state index in [1.165, 1.54) is 6.26 Å². The molecular weight excluding hydrogens is 389 g/mol. The van der Waals surface area contributed by atoms with Gasteiger partial charge >= 0.3 is 0 Å². The maximum Gasteiger partial charge on any atom is 0.194 e. The van der Waals surface area contributed by atoms with Crippen molar-refractivity contribution in [1.29, 1.82) is 0 Å². The summed E-state index contributed by atoms with van der Waals surface area (Å²) < 4.78 is 22.8. The Morgan fingerprint density at radius 2 is 1.95 bits per heavy atom. The number of hydrogen-bond donors (Lipinski definition) is 1. The van der Waals surface area contributed by atoms with Crippen LogP contribution in [-0.2, 0) is 22.1 Å². The third-order valence-corrected chi connectivity index (χ3v) is 3.87. The van der Waals surface area contributed by atoms with E-state index in [0.29, 0.717) is 6.54 Å². The molecule has 1 aromatic carbocycles. The van der Waals surface area contributed by atoms with Crippen LogP contribution in [0.3, 0.4) is 0 Å². The Morgan fingerprint density at radius 3 is 2.50 bits per heavy atom. The molecule has 0 fully saturated rings. The molecule has 7 heteroatoms. The molecule has 0 bridgehead atoms. The minimum absolute atomic E-state index is 0. The number of aliphatic imine (C=N–C) groups is 1. The Morgan fingerprint density at radius 1 is 1.30 bits per heavy atom. The highest BCUT2D eigenvalue weighted by Crippen LogP contribution is 2.12. The maximum atomic E-state index is 11.4. The van der Waals surface area contributed by atoms with Crippen LogP contribution in [0.5, 0.6) is 0 Å². The normalized spacial score (nSPS) is 14.7. The van der Waals surface area contributed by atoms with E-state index in [1.54, 1.807) is 0 Å². The van der Waals surface area contributed by atoms with E-state index in [4.69, 9.17) is 0 Å². The highest BCUT2D eigenvalue weighted by atomic mass is 127. The number of nitrogens with zero attached hydrogens (tertiary/aromatic N) is 2. The first-order chi connectivity index (χ1) is 8.96. The molecule has 20 heavy (non-hydrogen) atoms. The molecule has 112 valence electrons. The van der Waals surface area contributed by atoms with Gasteiger partial charge in [0.1, 0.15) is 0 Å². The first-order valence-electron chi connectivity index (χ1n) is 6.20. The fourth-order valence-corrected chi connectivity index (χ4v) is 2.90. The van der Waals surface area contributed by atoms with Crippen LogP contribution in [0.15, 0.2) is 29.3 Å². The van der Waals surface area contributed by atoms with E-state index in [0.717, 1.165) is 30.2 Å². The SMILES string of the molecule is CN1CCN=C1NCc1ccccc1CS(C)(=O)=O.I. The molecular formula is C13H20IN3O2S.